The standard InChI is InChI=1S/C10H8O2S2/c11-14(12)9-6-7-13-10(9)8-4-2-1-3-5-8/h1-7,10H. The fourth-order valence-corrected chi connectivity index (χ4v) is 3.24. The van der Waals surface area contributed by atoms with Gasteiger partial charge in [-0.15, -0.1) is 11.8 Å². The molecule has 0 saturated carbocycles. The van der Waals surface area contributed by atoms with Gasteiger partial charge >= 0.3 is 0 Å². The molecule has 1 heterocycles. The maximum absolute atomic E-state index is 10.9. The van der Waals surface area contributed by atoms with Crippen molar-refractivity contribution in [1.82, 2.24) is 0 Å². The molecule has 4 heteroatoms. The second-order valence-corrected chi connectivity index (χ2v) is 4.82. The third-order valence-electron chi connectivity index (χ3n) is 2.00. The molecule has 1 atom stereocenters. The van der Waals surface area contributed by atoms with Gasteiger partial charge in [0.2, 0.25) is 10.3 Å². The number of allylic oxidation sites excluding steroid dienone is 1. The van der Waals surface area contributed by atoms with Gasteiger partial charge in [0.15, 0.2) is 0 Å². The van der Waals surface area contributed by atoms with Gasteiger partial charge < -0.3 is 0 Å². The molecule has 0 fully saturated rings. The van der Waals surface area contributed by atoms with Crippen molar-refractivity contribution in [3.63, 3.8) is 0 Å². The molecule has 0 spiro atoms. The van der Waals surface area contributed by atoms with E-state index in [2.05, 4.69) is 0 Å². The molecule has 2 nitrogen and oxygen atoms in total. The molecule has 1 aromatic rings. The Labute approximate surface area is 88.2 Å². The molecule has 0 amide bonds. The fraction of sp³-hybridized carbons (Fsp3) is 0.100. The van der Waals surface area contributed by atoms with Crippen LogP contribution < -0.4 is 0 Å². The number of hydrogen-bond donors (Lipinski definition) is 0. The van der Waals surface area contributed by atoms with Crippen molar-refractivity contribution in [2.45, 2.75) is 5.25 Å². The van der Waals surface area contributed by atoms with Crippen LogP contribution in [0.4, 0.5) is 0 Å². The van der Waals surface area contributed by atoms with E-state index in [1.54, 1.807) is 6.08 Å². The summed E-state index contributed by atoms with van der Waals surface area (Å²) >= 11 is 1.52. The summed E-state index contributed by atoms with van der Waals surface area (Å²) in [7, 11) is -2.11. The minimum Gasteiger partial charge on any atom is -0.184 e. The van der Waals surface area contributed by atoms with Crippen LogP contribution in [0, 0.1) is 0 Å². The molecule has 14 heavy (non-hydrogen) atoms. The van der Waals surface area contributed by atoms with Crippen molar-refractivity contribution in [3.8, 4) is 0 Å². The summed E-state index contributed by atoms with van der Waals surface area (Å²) in [5, 5.41) is 1.76. The van der Waals surface area contributed by atoms with E-state index in [4.69, 9.17) is 0 Å². The lowest BCUT2D eigenvalue weighted by atomic mass is 10.1. The van der Waals surface area contributed by atoms with Gasteiger partial charge in [0.1, 0.15) is 0 Å². The van der Waals surface area contributed by atoms with E-state index in [9.17, 15) is 8.42 Å². The predicted molar refractivity (Wildman–Crippen MR) is 59.8 cm³/mol. The molecule has 1 aliphatic heterocycles. The van der Waals surface area contributed by atoms with Gasteiger partial charge in [-0.25, -0.2) is 0 Å². The Morgan fingerprint density at radius 2 is 1.86 bits per heavy atom. The largest absolute Gasteiger partial charge is 0.218 e. The first-order valence-electron chi connectivity index (χ1n) is 4.12. The first kappa shape index (κ1) is 9.55. The van der Waals surface area contributed by atoms with Gasteiger partial charge in [-0.3, -0.25) is 0 Å². The van der Waals surface area contributed by atoms with Crippen LogP contribution in [0.5, 0.6) is 0 Å². The Bertz CT molecular complexity index is 478. The molecule has 1 aliphatic rings. The lowest BCUT2D eigenvalue weighted by molar-refractivity contribution is 0.627. The lowest BCUT2D eigenvalue weighted by Gasteiger charge is -2.07. The molecule has 0 radical (unpaired) electrons. The summed E-state index contributed by atoms with van der Waals surface area (Å²) in [6.07, 6.45) is 1.66. The molecular formula is C10H8O2S2. The normalized spacial score (nSPS) is 20.0. The van der Waals surface area contributed by atoms with Crippen LogP contribution in [-0.4, -0.2) is 13.3 Å². The molecule has 2 rings (SSSR count). The second-order valence-electron chi connectivity index (χ2n) is 2.87. The number of hydrogen-bond acceptors (Lipinski definition) is 3. The van der Waals surface area contributed by atoms with Crippen molar-refractivity contribution < 1.29 is 8.42 Å². The number of thioether (sulfide) groups is 1. The predicted octanol–water partition coefficient (Wildman–Crippen LogP) is 2.04. The van der Waals surface area contributed by atoms with Gasteiger partial charge in [-0.05, 0) is 17.0 Å². The highest BCUT2D eigenvalue weighted by molar-refractivity contribution is 8.04. The van der Waals surface area contributed by atoms with E-state index < -0.39 is 10.3 Å². The van der Waals surface area contributed by atoms with Crippen LogP contribution in [0.25, 0.3) is 0 Å². The van der Waals surface area contributed by atoms with Gasteiger partial charge in [0, 0.05) is 0 Å². The van der Waals surface area contributed by atoms with Crippen LogP contribution in [-0.2, 0) is 10.3 Å². The topological polar surface area (TPSA) is 34.1 Å². The first-order valence-corrected chi connectivity index (χ1v) is 6.14. The summed E-state index contributed by atoms with van der Waals surface area (Å²) in [4.78, 5) is 0.459. The van der Waals surface area contributed by atoms with Crippen LogP contribution in [0.1, 0.15) is 10.8 Å². The Balaban J connectivity index is 2.44. The third-order valence-corrected chi connectivity index (χ3v) is 4.00. The van der Waals surface area contributed by atoms with E-state index in [-0.39, 0.29) is 5.25 Å². The van der Waals surface area contributed by atoms with Gasteiger partial charge in [-0.1, -0.05) is 30.3 Å². The monoisotopic (exact) mass is 224 g/mol. The Hall–Kier alpha value is -1.00. The Morgan fingerprint density at radius 3 is 2.50 bits per heavy atom. The smallest absolute Gasteiger partial charge is 0.184 e. The SMILES string of the molecule is O=S(=O)=C1C=CSC1c1ccccc1. The summed E-state index contributed by atoms with van der Waals surface area (Å²) in [6, 6.07) is 9.64. The Morgan fingerprint density at radius 1 is 1.14 bits per heavy atom. The highest BCUT2D eigenvalue weighted by Crippen LogP contribution is 2.35. The third kappa shape index (κ3) is 1.76. The van der Waals surface area contributed by atoms with Gasteiger partial charge in [-0.2, -0.15) is 8.42 Å². The number of rotatable bonds is 1. The first-order chi connectivity index (χ1) is 6.79. The second kappa shape index (κ2) is 4.02. The van der Waals surface area contributed by atoms with Crippen molar-refractivity contribution in [2.75, 3.05) is 0 Å². The average Bonchev–Trinajstić information content (AvgIpc) is 2.67. The van der Waals surface area contributed by atoms with Crippen molar-refractivity contribution >= 4 is 26.9 Å². The van der Waals surface area contributed by atoms with E-state index >= 15 is 0 Å². The lowest BCUT2D eigenvalue weighted by Crippen LogP contribution is -2.03. The van der Waals surface area contributed by atoms with Crippen molar-refractivity contribution in [3.05, 3.63) is 47.4 Å². The van der Waals surface area contributed by atoms with E-state index in [0.29, 0.717) is 4.86 Å². The zero-order valence-corrected chi connectivity index (χ0v) is 8.88. The van der Waals surface area contributed by atoms with Crippen LogP contribution in [0.2, 0.25) is 0 Å². The molecular weight excluding hydrogens is 216 g/mol. The van der Waals surface area contributed by atoms with Crippen LogP contribution in [0.3, 0.4) is 0 Å². The molecule has 1 unspecified atom stereocenters. The van der Waals surface area contributed by atoms with E-state index in [0.717, 1.165) is 5.56 Å². The van der Waals surface area contributed by atoms with Crippen molar-refractivity contribution in [2.24, 2.45) is 0 Å². The molecule has 0 aliphatic carbocycles. The summed E-state index contributed by atoms with van der Waals surface area (Å²) < 4.78 is 21.8. The van der Waals surface area contributed by atoms with Crippen LogP contribution >= 0.6 is 11.8 Å². The maximum Gasteiger partial charge on any atom is 0.218 e. The Kier molecular flexibility index (Phi) is 2.74. The molecule has 72 valence electrons. The highest BCUT2D eigenvalue weighted by Gasteiger charge is 2.21. The number of benzene rings is 1. The van der Waals surface area contributed by atoms with E-state index in [1.165, 1.54) is 11.8 Å². The van der Waals surface area contributed by atoms with Gasteiger partial charge in [0.25, 0.3) is 0 Å². The van der Waals surface area contributed by atoms with Crippen molar-refractivity contribution in [1.29, 1.82) is 0 Å². The fourth-order valence-electron chi connectivity index (χ4n) is 1.35. The molecule has 0 N–H and O–H groups in total. The summed E-state index contributed by atoms with van der Waals surface area (Å²) in [5.74, 6) is 0. The average molecular weight is 224 g/mol. The molecule has 0 bridgehead atoms. The zero-order valence-electron chi connectivity index (χ0n) is 7.25. The summed E-state index contributed by atoms with van der Waals surface area (Å²) in [6.45, 7) is 0. The van der Waals surface area contributed by atoms with E-state index in [1.807, 2.05) is 35.7 Å². The molecule has 1 aromatic carbocycles. The maximum atomic E-state index is 10.9. The van der Waals surface area contributed by atoms with Gasteiger partial charge in [0.05, 0.1) is 10.1 Å². The summed E-state index contributed by atoms with van der Waals surface area (Å²) in [5.41, 5.74) is 1.03. The zero-order chi connectivity index (χ0) is 9.97. The quantitative estimate of drug-likeness (QED) is 0.685. The highest BCUT2D eigenvalue weighted by atomic mass is 32.2. The minimum absolute atomic E-state index is 0.0606. The van der Waals surface area contributed by atoms with Crippen LogP contribution in [0.15, 0.2) is 41.8 Å². The minimum atomic E-state index is -2.11. The molecule has 0 saturated heterocycles. The molecule has 0 aromatic heterocycles.